The molecule has 1 fully saturated rings. The van der Waals surface area contributed by atoms with Crippen molar-refractivity contribution < 1.29 is 14.3 Å². The lowest BCUT2D eigenvalue weighted by Gasteiger charge is -2.23. The van der Waals surface area contributed by atoms with Crippen molar-refractivity contribution in [1.82, 2.24) is 15.5 Å². The van der Waals surface area contributed by atoms with Gasteiger partial charge in [0.25, 0.3) is 0 Å². The maximum atomic E-state index is 12.3. The number of benzene rings is 1. The van der Waals surface area contributed by atoms with Crippen LogP contribution in [-0.4, -0.2) is 48.2 Å². The van der Waals surface area contributed by atoms with Gasteiger partial charge in [0.1, 0.15) is 17.1 Å². The molecule has 4 N–H and O–H groups in total. The second-order valence-electron chi connectivity index (χ2n) is 8.06. The Morgan fingerprint density at radius 1 is 1.22 bits per heavy atom. The van der Waals surface area contributed by atoms with Crippen molar-refractivity contribution in [1.29, 1.82) is 0 Å². The Balaban J connectivity index is 0.00000363. The molecule has 1 atom stereocenters. The molecule has 0 spiro atoms. The van der Waals surface area contributed by atoms with Crippen LogP contribution >= 0.6 is 24.0 Å². The number of hydrogen-bond donors (Lipinski definition) is 4. The summed E-state index contributed by atoms with van der Waals surface area (Å²) in [5.74, 6) is 1.86. The van der Waals surface area contributed by atoms with Gasteiger partial charge in [0.15, 0.2) is 5.96 Å². The molecule has 176 valence electrons. The number of halogens is 1. The van der Waals surface area contributed by atoms with Crippen LogP contribution in [0.5, 0.6) is 0 Å². The number of carbonyl (C=O) groups is 1. The Morgan fingerprint density at radius 3 is 2.62 bits per heavy atom. The number of urea groups is 1. The number of aryl methyl sites for hydroxylation is 1. The summed E-state index contributed by atoms with van der Waals surface area (Å²) in [5, 5.41) is 20.1. The van der Waals surface area contributed by atoms with Crippen molar-refractivity contribution in [2.75, 3.05) is 31.5 Å². The highest BCUT2D eigenvalue weighted by atomic mass is 127. The average Bonchev–Trinajstić information content (AvgIpc) is 3.43. The Hall–Kier alpha value is -2.27. The van der Waals surface area contributed by atoms with Crippen molar-refractivity contribution in [3.05, 3.63) is 53.5 Å². The fourth-order valence-electron chi connectivity index (χ4n) is 3.45. The number of amides is 2. The number of nitrogens with one attached hydrogen (secondary N) is 3. The molecule has 1 aromatic carbocycles. The van der Waals surface area contributed by atoms with Crippen LogP contribution in [0.3, 0.4) is 0 Å². The number of aliphatic hydroxyl groups is 1. The van der Waals surface area contributed by atoms with E-state index < -0.39 is 5.60 Å². The minimum absolute atomic E-state index is 0. The smallest absolute Gasteiger partial charge is 0.321 e. The summed E-state index contributed by atoms with van der Waals surface area (Å²) in [4.78, 5) is 18.8. The van der Waals surface area contributed by atoms with Gasteiger partial charge in [0.2, 0.25) is 0 Å². The third-order valence-corrected chi connectivity index (χ3v) is 5.21. The molecule has 2 aromatic rings. The summed E-state index contributed by atoms with van der Waals surface area (Å²) in [6, 6.07) is 11.3. The number of guanidine groups is 1. The Morgan fingerprint density at radius 2 is 1.97 bits per heavy atom. The molecule has 8 nitrogen and oxygen atoms in total. The minimum atomic E-state index is -1.16. The number of aliphatic imine (C=N–C) groups is 1. The third-order valence-electron chi connectivity index (χ3n) is 5.21. The summed E-state index contributed by atoms with van der Waals surface area (Å²) in [6.45, 7) is 8.54. The van der Waals surface area contributed by atoms with Crippen LogP contribution in [0.25, 0.3) is 0 Å². The van der Waals surface area contributed by atoms with Gasteiger partial charge < -0.3 is 30.4 Å². The molecule has 1 aliphatic heterocycles. The molecule has 0 radical (unpaired) electrons. The monoisotopic (exact) mass is 555 g/mol. The Kier molecular flexibility index (Phi) is 9.83. The second kappa shape index (κ2) is 12.1. The molecule has 0 aliphatic carbocycles. The largest absolute Gasteiger partial charge is 0.463 e. The lowest BCUT2D eigenvalue weighted by molar-refractivity contribution is 0.0378. The van der Waals surface area contributed by atoms with Gasteiger partial charge in [-0.1, -0.05) is 12.1 Å². The van der Waals surface area contributed by atoms with Gasteiger partial charge in [0, 0.05) is 25.3 Å². The van der Waals surface area contributed by atoms with E-state index in [4.69, 9.17) is 4.42 Å². The van der Waals surface area contributed by atoms with Gasteiger partial charge in [-0.25, -0.2) is 9.79 Å². The van der Waals surface area contributed by atoms with E-state index in [2.05, 4.69) is 20.9 Å². The van der Waals surface area contributed by atoms with Crippen LogP contribution in [0.15, 0.2) is 45.8 Å². The standard InChI is InChI=1S/C23H33N5O3.HI/c1-4-24-21(26-16-23(3,30)20-11-10-17(2)31-20)25-15-18-8-7-9-19(14-18)27-22(29)28-12-5-6-13-28;/h7-11,14,30H,4-6,12-13,15-16H2,1-3H3,(H,27,29)(H2,24,25,26);1H. The van der Waals surface area contributed by atoms with E-state index in [0.717, 1.165) is 42.9 Å². The highest BCUT2D eigenvalue weighted by Gasteiger charge is 2.27. The highest BCUT2D eigenvalue weighted by Crippen LogP contribution is 2.22. The summed E-state index contributed by atoms with van der Waals surface area (Å²) < 4.78 is 5.56. The molecule has 0 saturated carbocycles. The van der Waals surface area contributed by atoms with Crippen molar-refractivity contribution in [2.24, 2.45) is 4.99 Å². The third kappa shape index (κ3) is 7.40. The quantitative estimate of drug-likeness (QED) is 0.237. The fourth-order valence-corrected chi connectivity index (χ4v) is 3.45. The summed E-state index contributed by atoms with van der Waals surface area (Å²) >= 11 is 0. The normalized spacial score (nSPS) is 15.6. The van der Waals surface area contributed by atoms with Crippen molar-refractivity contribution >= 4 is 41.7 Å². The first-order valence-electron chi connectivity index (χ1n) is 10.8. The van der Waals surface area contributed by atoms with Gasteiger partial charge in [-0.05, 0) is 63.4 Å². The van der Waals surface area contributed by atoms with Gasteiger partial charge in [-0.15, -0.1) is 24.0 Å². The molecule has 3 rings (SSSR count). The SMILES string of the molecule is CCNC(=NCc1cccc(NC(=O)N2CCCC2)c1)NCC(C)(O)c1ccc(C)o1.I. The second-order valence-corrected chi connectivity index (χ2v) is 8.06. The van der Waals surface area contributed by atoms with E-state index in [0.29, 0.717) is 24.8 Å². The van der Waals surface area contributed by atoms with E-state index >= 15 is 0 Å². The molecule has 2 heterocycles. The van der Waals surface area contributed by atoms with Crippen molar-refractivity contribution in [3.8, 4) is 0 Å². The first-order valence-corrected chi connectivity index (χ1v) is 10.8. The zero-order chi connectivity index (χ0) is 22.3. The molecule has 0 bridgehead atoms. The van der Waals surface area contributed by atoms with Crippen LogP contribution < -0.4 is 16.0 Å². The van der Waals surface area contributed by atoms with Crippen LogP contribution in [0.2, 0.25) is 0 Å². The average molecular weight is 555 g/mol. The van der Waals surface area contributed by atoms with E-state index in [1.165, 1.54) is 0 Å². The van der Waals surface area contributed by atoms with Crippen LogP contribution in [0.1, 0.15) is 43.8 Å². The fraction of sp³-hybridized carbons (Fsp3) is 0.478. The van der Waals surface area contributed by atoms with Crippen molar-refractivity contribution in [2.45, 2.75) is 45.8 Å². The van der Waals surface area contributed by atoms with Crippen LogP contribution in [0, 0.1) is 6.92 Å². The van der Waals surface area contributed by atoms with Gasteiger partial charge >= 0.3 is 6.03 Å². The molecule has 9 heteroatoms. The maximum absolute atomic E-state index is 12.3. The van der Waals surface area contributed by atoms with Crippen LogP contribution in [-0.2, 0) is 12.1 Å². The van der Waals surface area contributed by atoms with Gasteiger partial charge in [-0.2, -0.15) is 0 Å². The number of furan rings is 1. The molecule has 1 aliphatic rings. The predicted octanol–water partition coefficient (Wildman–Crippen LogP) is 3.80. The molecular weight excluding hydrogens is 521 g/mol. The van der Waals surface area contributed by atoms with Gasteiger partial charge in [0.05, 0.1) is 13.1 Å². The van der Waals surface area contributed by atoms with E-state index in [1.807, 2.05) is 49.1 Å². The highest BCUT2D eigenvalue weighted by molar-refractivity contribution is 14.0. The number of anilines is 1. The summed E-state index contributed by atoms with van der Waals surface area (Å²) in [7, 11) is 0. The molecular formula is C23H34IN5O3. The van der Waals surface area contributed by atoms with E-state index in [1.54, 1.807) is 13.0 Å². The molecule has 32 heavy (non-hydrogen) atoms. The maximum Gasteiger partial charge on any atom is 0.321 e. The molecule has 1 unspecified atom stereocenters. The lowest BCUT2D eigenvalue weighted by Crippen LogP contribution is -2.44. The molecule has 1 saturated heterocycles. The first kappa shape index (κ1) is 26.0. The Bertz CT molecular complexity index is 907. The van der Waals surface area contributed by atoms with Crippen LogP contribution in [0.4, 0.5) is 10.5 Å². The molecule has 2 amide bonds. The number of likely N-dealkylation sites (tertiary alicyclic amines) is 1. The zero-order valence-corrected chi connectivity index (χ0v) is 21.3. The van der Waals surface area contributed by atoms with E-state index in [9.17, 15) is 9.90 Å². The minimum Gasteiger partial charge on any atom is -0.463 e. The topological polar surface area (TPSA) is 102 Å². The first-order chi connectivity index (χ1) is 14.9. The number of nitrogens with zero attached hydrogens (tertiary/aromatic N) is 2. The molecule has 1 aromatic heterocycles. The lowest BCUT2D eigenvalue weighted by atomic mass is 10.0. The van der Waals surface area contributed by atoms with Gasteiger partial charge in [-0.3, -0.25) is 0 Å². The summed E-state index contributed by atoms with van der Waals surface area (Å²) in [6.07, 6.45) is 2.13. The zero-order valence-electron chi connectivity index (χ0n) is 19.0. The van der Waals surface area contributed by atoms with E-state index in [-0.39, 0.29) is 36.6 Å². The Labute approximate surface area is 206 Å². The number of hydrogen-bond acceptors (Lipinski definition) is 4. The predicted molar refractivity (Wildman–Crippen MR) is 138 cm³/mol. The summed E-state index contributed by atoms with van der Waals surface area (Å²) in [5.41, 5.74) is 0.577. The number of carbonyl (C=O) groups excluding carboxylic acids is 1. The van der Waals surface area contributed by atoms with Crippen molar-refractivity contribution in [3.63, 3.8) is 0 Å². The number of rotatable bonds is 7.